The third-order valence-electron chi connectivity index (χ3n) is 2.96. The molecule has 1 rings (SSSR count). The van der Waals surface area contributed by atoms with Gasteiger partial charge in [0.2, 0.25) is 15.9 Å². The highest BCUT2D eigenvalue weighted by molar-refractivity contribution is 7.88. The van der Waals surface area contributed by atoms with E-state index in [1.165, 1.54) is 0 Å². The summed E-state index contributed by atoms with van der Waals surface area (Å²) in [5.74, 6) is -1.00. The molecule has 0 aliphatic carbocycles. The first-order valence-electron chi connectivity index (χ1n) is 6.65. The first kappa shape index (κ1) is 17.1. The van der Waals surface area contributed by atoms with Gasteiger partial charge in [0.25, 0.3) is 0 Å². The number of carbonyl (C=O) groups is 1. The van der Waals surface area contributed by atoms with Crippen LogP contribution in [0.1, 0.15) is 30.9 Å². The molecule has 0 fully saturated rings. The minimum absolute atomic E-state index is 0.247. The fourth-order valence-corrected chi connectivity index (χ4v) is 3.43. The monoisotopic (exact) mass is 309 g/mol. The van der Waals surface area contributed by atoms with E-state index in [1.807, 2.05) is 13.0 Å². The molecule has 1 amide bonds. The number of primary amides is 1. The van der Waals surface area contributed by atoms with Gasteiger partial charge < -0.3 is 5.73 Å². The van der Waals surface area contributed by atoms with Crippen LogP contribution in [0.2, 0.25) is 0 Å². The number of sulfonamides is 1. The minimum atomic E-state index is -3.69. The zero-order chi connectivity index (χ0) is 15.9. The van der Waals surface area contributed by atoms with Crippen LogP contribution in [0.5, 0.6) is 0 Å². The summed E-state index contributed by atoms with van der Waals surface area (Å²) in [7, 11) is -3.69. The van der Waals surface area contributed by atoms with Crippen molar-refractivity contribution in [1.82, 2.24) is 4.31 Å². The van der Waals surface area contributed by atoms with Gasteiger partial charge in [-0.25, -0.2) is 8.42 Å². The van der Waals surface area contributed by atoms with E-state index in [9.17, 15) is 13.2 Å². The maximum absolute atomic E-state index is 12.4. The van der Waals surface area contributed by atoms with E-state index in [-0.39, 0.29) is 18.8 Å². The maximum Gasteiger partial charge on any atom is 0.232 e. The number of hydrogen-bond donors (Lipinski definition) is 1. The minimum Gasteiger partial charge on any atom is -0.369 e. The highest BCUT2D eigenvalue weighted by Crippen LogP contribution is 2.15. The zero-order valence-corrected chi connectivity index (χ0v) is 12.8. The first-order valence-corrected chi connectivity index (χ1v) is 8.25. The summed E-state index contributed by atoms with van der Waals surface area (Å²) in [5, 5.41) is 9.01. The second kappa shape index (κ2) is 7.76. The van der Waals surface area contributed by atoms with Gasteiger partial charge >= 0.3 is 0 Å². The van der Waals surface area contributed by atoms with Gasteiger partial charge in [0.1, 0.15) is 0 Å². The Morgan fingerprint density at radius 1 is 1.38 bits per heavy atom. The standard InChI is InChI=1S/C14H19N3O3S/c1-2-3-8-17(10-14(16)18)21(19,20)11-13-7-5-4-6-12(13)9-15/h4-7H,2-3,8,10-11H2,1H3,(H2,16,18). The third-order valence-corrected chi connectivity index (χ3v) is 4.74. The Hall–Kier alpha value is -1.91. The van der Waals surface area contributed by atoms with Crippen molar-refractivity contribution in [1.29, 1.82) is 5.26 Å². The topological polar surface area (TPSA) is 104 Å². The number of hydrogen-bond acceptors (Lipinski definition) is 4. The van der Waals surface area contributed by atoms with Crippen LogP contribution in [-0.2, 0) is 20.6 Å². The number of rotatable bonds is 8. The quantitative estimate of drug-likeness (QED) is 0.772. The Kier molecular flexibility index (Phi) is 6.34. The highest BCUT2D eigenvalue weighted by atomic mass is 32.2. The lowest BCUT2D eigenvalue weighted by molar-refractivity contribution is -0.118. The fourth-order valence-electron chi connectivity index (χ4n) is 1.87. The van der Waals surface area contributed by atoms with E-state index in [2.05, 4.69) is 0 Å². The molecule has 0 aromatic heterocycles. The lowest BCUT2D eigenvalue weighted by Crippen LogP contribution is -2.39. The fraction of sp³-hybridized carbons (Fsp3) is 0.429. The molecule has 0 aliphatic heterocycles. The Balaban J connectivity index is 3.00. The largest absolute Gasteiger partial charge is 0.369 e. The summed E-state index contributed by atoms with van der Waals surface area (Å²) < 4.78 is 25.9. The van der Waals surface area contributed by atoms with Crippen LogP contribution >= 0.6 is 0 Å². The van der Waals surface area contributed by atoms with Crippen molar-refractivity contribution in [2.45, 2.75) is 25.5 Å². The molecule has 0 heterocycles. The van der Waals surface area contributed by atoms with E-state index >= 15 is 0 Å². The van der Waals surface area contributed by atoms with Crippen LogP contribution in [-0.4, -0.2) is 31.7 Å². The number of unbranched alkanes of at least 4 members (excludes halogenated alkanes) is 1. The number of nitriles is 1. The molecule has 7 heteroatoms. The lowest BCUT2D eigenvalue weighted by atomic mass is 10.1. The summed E-state index contributed by atoms with van der Waals surface area (Å²) >= 11 is 0. The van der Waals surface area contributed by atoms with Crippen molar-refractivity contribution in [3.8, 4) is 6.07 Å². The van der Waals surface area contributed by atoms with Gasteiger partial charge in [-0.2, -0.15) is 9.57 Å². The van der Waals surface area contributed by atoms with Crippen LogP contribution in [0.15, 0.2) is 24.3 Å². The van der Waals surface area contributed by atoms with Crippen molar-refractivity contribution in [3.63, 3.8) is 0 Å². The summed E-state index contributed by atoms with van der Waals surface area (Å²) in [5.41, 5.74) is 5.85. The molecule has 0 unspecified atom stereocenters. The van der Waals surface area contributed by atoms with E-state index < -0.39 is 15.9 Å². The molecule has 0 aliphatic rings. The predicted octanol–water partition coefficient (Wildman–Crippen LogP) is 0.975. The average Bonchev–Trinajstić information content (AvgIpc) is 2.43. The number of benzene rings is 1. The van der Waals surface area contributed by atoms with Crippen molar-refractivity contribution in [3.05, 3.63) is 35.4 Å². The van der Waals surface area contributed by atoms with E-state index in [1.54, 1.807) is 24.3 Å². The van der Waals surface area contributed by atoms with E-state index in [0.29, 0.717) is 17.5 Å². The Bertz CT molecular complexity index is 635. The molecule has 1 aromatic carbocycles. The highest BCUT2D eigenvalue weighted by Gasteiger charge is 2.24. The Morgan fingerprint density at radius 2 is 2.05 bits per heavy atom. The normalized spacial score (nSPS) is 11.3. The van der Waals surface area contributed by atoms with Gasteiger partial charge in [-0.3, -0.25) is 4.79 Å². The van der Waals surface area contributed by atoms with Crippen molar-refractivity contribution in [2.24, 2.45) is 5.73 Å². The molecule has 1 aromatic rings. The second-order valence-electron chi connectivity index (χ2n) is 4.68. The summed E-state index contributed by atoms with van der Waals surface area (Å²) in [6, 6.07) is 8.48. The molecular formula is C14H19N3O3S. The molecule has 0 saturated carbocycles. The zero-order valence-electron chi connectivity index (χ0n) is 11.9. The second-order valence-corrected chi connectivity index (χ2v) is 6.65. The Labute approximate surface area is 125 Å². The summed E-state index contributed by atoms with van der Waals surface area (Å²) in [4.78, 5) is 11.1. The maximum atomic E-state index is 12.4. The van der Waals surface area contributed by atoms with Crippen molar-refractivity contribution < 1.29 is 13.2 Å². The first-order chi connectivity index (χ1) is 9.90. The van der Waals surface area contributed by atoms with Crippen LogP contribution in [0.4, 0.5) is 0 Å². The van der Waals surface area contributed by atoms with E-state index in [0.717, 1.165) is 10.7 Å². The van der Waals surface area contributed by atoms with Crippen LogP contribution in [0, 0.1) is 11.3 Å². The smallest absolute Gasteiger partial charge is 0.232 e. The van der Waals surface area contributed by atoms with Gasteiger partial charge in [-0.15, -0.1) is 0 Å². The third kappa shape index (κ3) is 5.17. The van der Waals surface area contributed by atoms with E-state index in [4.69, 9.17) is 11.0 Å². The molecule has 2 N–H and O–H groups in total. The summed E-state index contributed by atoms with van der Waals surface area (Å²) in [6.45, 7) is 1.84. The van der Waals surface area contributed by atoms with Gasteiger partial charge in [0, 0.05) is 6.54 Å². The van der Waals surface area contributed by atoms with Gasteiger partial charge in [-0.1, -0.05) is 31.5 Å². The number of amides is 1. The van der Waals surface area contributed by atoms with Crippen molar-refractivity contribution >= 4 is 15.9 Å². The molecule has 0 saturated heterocycles. The van der Waals surface area contributed by atoms with Gasteiger partial charge in [0.15, 0.2) is 0 Å². The number of nitrogens with zero attached hydrogens (tertiary/aromatic N) is 2. The van der Waals surface area contributed by atoms with Crippen LogP contribution < -0.4 is 5.73 Å². The van der Waals surface area contributed by atoms with Crippen LogP contribution in [0.25, 0.3) is 0 Å². The predicted molar refractivity (Wildman–Crippen MR) is 79.5 cm³/mol. The van der Waals surface area contributed by atoms with Gasteiger partial charge in [0.05, 0.1) is 23.9 Å². The molecular weight excluding hydrogens is 290 g/mol. The molecule has 0 atom stereocenters. The Morgan fingerprint density at radius 3 is 2.62 bits per heavy atom. The van der Waals surface area contributed by atoms with Crippen LogP contribution in [0.3, 0.4) is 0 Å². The average molecular weight is 309 g/mol. The molecule has 114 valence electrons. The lowest BCUT2D eigenvalue weighted by Gasteiger charge is -2.20. The number of nitrogens with two attached hydrogens (primary N) is 1. The van der Waals surface area contributed by atoms with Gasteiger partial charge in [-0.05, 0) is 18.1 Å². The molecule has 21 heavy (non-hydrogen) atoms. The SMILES string of the molecule is CCCCN(CC(N)=O)S(=O)(=O)Cc1ccccc1C#N. The molecule has 0 bridgehead atoms. The molecule has 0 spiro atoms. The number of carbonyl (C=O) groups excluding carboxylic acids is 1. The summed E-state index contributed by atoms with van der Waals surface area (Å²) in [6.07, 6.45) is 1.45. The molecule has 0 radical (unpaired) electrons. The van der Waals surface area contributed by atoms with Crippen molar-refractivity contribution in [2.75, 3.05) is 13.1 Å². The molecule has 6 nitrogen and oxygen atoms in total.